The van der Waals surface area contributed by atoms with Gasteiger partial charge in [0, 0.05) is 12.5 Å². The lowest BCUT2D eigenvalue weighted by molar-refractivity contribution is 0.276. The normalized spacial score (nSPS) is 17.8. The Bertz CT molecular complexity index is 752. The largest absolute Gasteiger partial charge is 0.475 e. The summed E-state index contributed by atoms with van der Waals surface area (Å²) in [5.41, 5.74) is 1.60. The topological polar surface area (TPSA) is 76.9 Å². The zero-order chi connectivity index (χ0) is 17.5. The van der Waals surface area contributed by atoms with Crippen LogP contribution in [0.1, 0.15) is 39.8 Å². The molecule has 0 amide bonds. The van der Waals surface area contributed by atoms with Crippen molar-refractivity contribution in [3.05, 3.63) is 16.9 Å². The van der Waals surface area contributed by atoms with Crippen molar-refractivity contribution in [2.24, 2.45) is 0 Å². The maximum Gasteiger partial charge on any atom is 0.257 e. The predicted molar refractivity (Wildman–Crippen MR) is 95.5 cm³/mol. The number of halogens is 1. The van der Waals surface area contributed by atoms with Crippen LogP contribution in [0.3, 0.4) is 0 Å². The van der Waals surface area contributed by atoms with E-state index in [1.165, 1.54) is 0 Å². The van der Waals surface area contributed by atoms with Crippen LogP contribution in [0.4, 0.5) is 17.5 Å². The third-order valence-electron chi connectivity index (χ3n) is 3.87. The molecule has 3 heterocycles. The number of anilines is 3. The number of hydrogen-bond acceptors (Lipinski definition) is 6. The standard InChI is InChI=1S/C16H23ClN6O/c1-9-6-7-24-14-12(10(2)23(22-14)16(3,4)5)20-15-18-8-11(17)13(19-9)21-15/h8-9H,6-7H2,1-5H3,(H2,18,19,20,21)/t9-/m1/s1. The third kappa shape index (κ3) is 3.26. The van der Waals surface area contributed by atoms with Gasteiger partial charge in [-0.15, -0.1) is 5.10 Å². The van der Waals surface area contributed by atoms with Crippen molar-refractivity contribution in [3.63, 3.8) is 0 Å². The first-order valence-electron chi connectivity index (χ1n) is 8.04. The van der Waals surface area contributed by atoms with Crippen molar-refractivity contribution >= 4 is 29.1 Å². The molecule has 0 spiro atoms. The molecule has 2 N–H and O–H groups in total. The highest BCUT2D eigenvalue weighted by atomic mass is 35.5. The first-order chi connectivity index (χ1) is 11.3. The van der Waals surface area contributed by atoms with Gasteiger partial charge in [0.1, 0.15) is 10.7 Å². The van der Waals surface area contributed by atoms with Crippen LogP contribution in [-0.4, -0.2) is 32.4 Å². The zero-order valence-electron chi connectivity index (χ0n) is 14.6. The molecular formula is C16H23ClN6O. The first kappa shape index (κ1) is 16.8. The van der Waals surface area contributed by atoms with Crippen LogP contribution in [0.25, 0.3) is 0 Å². The lowest BCUT2D eigenvalue weighted by Crippen LogP contribution is -2.24. The van der Waals surface area contributed by atoms with E-state index in [1.54, 1.807) is 6.20 Å². The summed E-state index contributed by atoms with van der Waals surface area (Å²) < 4.78 is 7.88. The van der Waals surface area contributed by atoms with Gasteiger partial charge in [0.25, 0.3) is 5.88 Å². The highest BCUT2D eigenvalue weighted by Gasteiger charge is 2.25. The summed E-state index contributed by atoms with van der Waals surface area (Å²) in [6.07, 6.45) is 2.39. The van der Waals surface area contributed by atoms with Crippen molar-refractivity contribution in [1.29, 1.82) is 0 Å². The van der Waals surface area contributed by atoms with E-state index in [4.69, 9.17) is 16.3 Å². The number of rotatable bonds is 0. The Morgan fingerprint density at radius 2 is 2.12 bits per heavy atom. The number of ether oxygens (including phenoxy) is 1. The van der Waals surface area contributed by atoms with Gasteiger partial charge in [-0.2, -0.15) is 4.98 Å². The van der Waals surface area contributed by atoms with Crippen molar-refractivity contribution in [2.45, 2.75) is 52.6 Å². The Morgan fingerprint density at radius 3 is 2.83 bits per heavy atom. The zero-order valence-corrected chi connectivity index (χ0v) is 15.4. The summed E-state index contributed by atoms with van der Waals surface area (Å²) >= 11 is 6.19. The number of hydrogen-bond donors (Lipinski definition) is 2. The molecule has 0 saturated heterocycles. The van der Waals surface area contributed by atoms with Crippen LogP contribution in [0.5, 0.6) is 5.88 Å². The average Bonchev–Trinajstić information content (AvgIpc) is 2.78. The summed E-state index contributed by atoms with van der Waals surface area (Å²) in [7, 11) is 0. The van der Waals surface area contributed by atoms with Gasteiger partial charge in [-0.25, -0.2) is 4.98 Å². The molecule has 2 bridgehead atoms. The van der Waals surface area contributed by atoms with E-state index in [-0.39, 0.29) is 11.6 Å². The maximum absolute atomic E-state index is 6.19. The molecule has 0 aromatic carbocycles. The second kappa shape index (κ2) is 6.12. The van der Waals surface area contributed by atoms with Crippen LogP contribution >= 0.6 is 11.6 Å². The predicted octanol–water partition coefficient (Wildman–Crippen LogP) is 3.72. The van der Waals surface area contributed by atoms with Gasteiger partial charge >= 0.3 is 0 Å². The van der Waals surface area contributed by atoms with E-state index < -0.39 is 0 Å². The van der Waals surface area contributed by atoms with Crippen LogP contribution in [0.15, 0.2) is 6.20 Å². The molecule has 1 aliphatic rings. The van der Waals surface area contributed by atoms with Gasteiger partial charge in [0.2, 0.25) is 5.95 Å². The van der Waals surface area contributed by atoms with Gasteiger partial charge < -0.3 is 15.4 Å². The fourth-order valence-corrected chi connectivity index (χ4v) is 2.80. The summed E-state index contributed by atoms with van der Waals surface area (Å²) in [6.45, 7) is 10.9. The monoisotopic (exact) mass is 350 g/mol. The summed E-state index contributed by atoms with van der Waals surface area (Å²) in [5.74, 6) is 1.64. The molecular weight excluding hydrogens is 328 g/mol. The second-order valence-corrected chi connectivity index (χ2v) is 7.45. The van der Waals surface area contributed by atoms with E-state index in [0.717, 1.165) is 17.8 Å². The molecule has 8 heteroatoms. The Balaban J connectivity index is 2.08. The molecule has 0 radical (unpaired) electrons. The van der Waals surface area contributed by atoms with E-state index >= 15 is 0 Å². The highest BCUT2D eigenvalue weighted by Crippen LogP contribution is 2.34. The maximum atomic E-state index is 6.19. The molecule has 2 aromatic heterocycles. The second-order valence-electron chi connectivity index (χ2n) is 7.05. The summed E-state index contributed by atoms with van der Waals surface area (Å²) in [6, 6.07) is 0.164. The Hall–Kier alpha value is -2.02. The number of nitrogens with zero attached hydrogens (tertiary/aromatic N) is 4. The SMILES string of the molecule is Cc1c2c(nn1C(C)(C)C)OCC[C@@H](C)Nc1nc(ncc1Cl)N2. The van der Waals surface area contributed by atoms with Crippen LogP contribution < -0.4 is 15.4 Å². The van der Waals surface area contributed by atoms with E-state index in [9.17, 15) is 0 Å². The van der Waals surface area contributed by atoms with Crippen molar-refractivity contribution in [2.75, 3.05) is 17.2 Å². The first-order valence-corrected chi connectivity index (χ1v) is 8.42. The minimum Gasteiger partial charge on any atom is -0.475 e. The molecule has 3 rings (SSSR count). The smallest absolute Gasteiger partial charge is 0.257 e. The van der Waals surface area contributed by atoms with Crippen LogP contribution in [0, 0.1) is 6.92 Å². The lowest BCUT2D eigenvalue weighted by atomic mass is 10.1. The van der Waals surface area contributed by atoms with E-state index in [1.807, 2.05) is 11.6 Å². The average molecular weight is 351 g/mol. The number of aromatic nitrogens is 4. The van der Waals surface area contributed by atoms with Crippen LogP contribution in [0.2, 0.25) is 5.02 Å². The highest BCUT2D eigenvalue weighted by molar-refractivity contribution is 6.32. The molecule has 0 unspecified atom stereocenters. The lowest BCUT2D eigenvalue weighted by Gasteiger charge is -2.21. The quantitative estimate of drug-likeness (QED) is 0.754. The minimum atomic E-state index is -0.153. The molecule has 24 heavy (non-hydrogen) atoms. The Morgan fingerprint density at radius 1 is 1.38 bits per heavy atom. The van der Waals surface area contributed by atoms with Gasteiger partial charge in [0.05, 0.1) is 24.0 Å². The minimum absolute atomic E-state index is 0.153. The van der Waals surface area contributed by atoms with Crippen molar-refractivity contribution in [3.8, 4) is 5.88 Å². The van der Waals surface area contributed by atoms with E-state index in [0.29, 0.717) is 29.3 Å². The molecule has 0 saturated carbocycles. The fourth-order valence-electron chi connectivity index (χ4n) is 2.65. The fraction of sp³-hybridized carbons (Fsp3) is 0.562. The molecule has 0 fully saturated rings. The van der Waals surface area contributed by atoms with Gasteiger partial charge in [0.15, 0.2) is 5.82 Å². The summed E-state index contributed by atoms with van der Waals surface area (Å²) in [5, 5.41) is 11.7. The summed E-state index contributed by atoms with van der Waals surface area (Å²) in [4.78, 5) is 8.74. The molecule has 7 nitrogen and oxygen atoms in total. The van der Waals surface area contributed by atoms with E-state index in [2.05, 4.69) is 53.4 Å². The van der Waals surface area contributed by atoms with Crippen molar-refractivity contribution in [1.82, 2.24) is 19.7 Å². The molecule has 130 valence electrons. The van der Waals surface area contributed by atoms with Gasteiger partial charge in [-0.1, -0.05) is 11.6 Å². The number of nitrogens with one attached hydrogen (secondary N) is 2. The molecule has 2 aromatic rings. The van der Waals surface area contributed by atoms with Crippen LogP contribution in [-0.2, 0) is 5.54 Å². The Kier molecular flexibility index (Phi) is 4.29. The Labute approximate surface area is 146 Å². The molecule has 0 aliphatic carbocycles. The van der Waals surface area contributed by atoms with Gasteiger partial charge in [-0.05, 0) is 34.6 Å². The van der Waals surface area contributed by atoms with Gasteiger partial charge in [-0.3, -0.25) is 4.68 Å². The number of fused-ring (bicyclic) bond motifs is 3. The van der Waals surface area contributed by atoms with Crippen molar-refractivity contribution < 1.29 is 4.74 Å². The third-order valence-corrected chi connectivity index (χ3v) is 4.15. The molecule has 1 aliphatic heterocycles. The molecule has 1 atom stereocenters.